The average molecular weight is 576 g/mol. The molecule has 3 saturated carbocycles. The van der Waals surface area contributed by atoms with Crippen molar-refractivity contribution in [3.05, 3.63) is 41.2 Å². The highest BCUT2D eigenvalue weighted by Crippen LogP contribution is 2.53. The van der Waals surface area contributed by atoms with Crippen LogP contribution in [0, 0.1) is 41.4 Å². The van der Waals surface area contributed by atoms with Gasteiger partial charge in [0.15, 0.2) is 34.7 Å². The van der Waals surface area contributed by atoms with E-state index in [1.807, 2.05) is 12.1 Å². The van der Waals surface area contributed by atoms with Gasteiger partial charge in [-0.2, -0.15) is 0 Å². The lowest BCUT2D eigenvalue weighted by Crippen LogP contribution is -2.71. The van der Waals surface area contributed by atoms with Crippen LogP contribution >= 0.6 is 0 Å². The van der Waals surface area contributed by atoms with Gasteiger partial charge in [0.1, 0.15) is 17.3 Å². The predicted molar refractivity (Wildman–Crippen MR) is 150 cm³/mol. The standard InChI is InChI=1S/C33H37NO8/c1-15(2)24-21-14-17-13-20-19(23-11-8-18(42-23)12-16-6-4-3-5-7-16)9-10-22(35)26(20)29(37)25(17)30(38)33(21,41)31(39)27(28(24)36)32(34)40/h8-11,15-17,21,24-25,27,35,41H,3-7,12-14H2,1-2H3,(H2,34,40)/t17-,21-,24-,25?,27?,33-/m0/s1. The molecule has 9 nitrogen and oxygen atoms in total. The summed E-state index contributed by atoms with van der Waals surface area (Å²) in [6.07, 6.45) is 7.15. The molecule has 2 unspecified atom stereocenters. The molecule has 0 spiro atoms. The van der Waals surface area contributed by atoms with Crippen LogP contribution in [0.4, 0.5) is 0 Å². The van der Waals surface area contributed by atoms with Crippen molar-refractivity contribution >= 4 is 29.0 Å². The molecule has 222 valence electrons. The van der Waals surface area contributed by atoms with E-state index in [2.05, 4.69) is 0 Å². The van der Waals surface area contributed by atoms with Crippen LogP contribution in [0.5, 0.6) is 5.75 Å². The Morgan fingerprint density at radius 2 is 1.76 bits per heavy atom. The number of aliphatic hydroxyl groups is 1. The van der Waals surface area contributed by atoms with Crippen molar-refractivity contribution in [1.82, 2.24) is 0 Å². The number of fused-ring (bicyclic) bond motifs is 3. The van der Waals surface area contributed by atoms with Crippen molar-refractivity contribution in [3.63, 3.8) is 0 Å². The minimum absolute atomic E-state index is 0.0272. The number of primary amides is 1. The number of nitrogens with two attached hydrogens (primary N) is 1. The third-order valence-electron chi connectivity index (χ3n) is 10.3. The number of hydrogen-bond donors (Lipinski definition) is 3. The van der Waals surface area contributed by atoms with E-state index >= 15 is 0 Å². The Bertz CT molecular complexity index is 1500. The third-order valence-corrected chi connectivity index (χ3v) is 10.3. The summed E-state index contributed by atoms with van der Waals surface area (Å²) in [5.74, 6) is -9.60. The summed E-state index contributed by atoms with van der Waals surface area (Å²) in [5.41, 5.74) is 3.86. The first kappa shape index (κ1) is 28.5. The molecule has 0 saturated heterocycles. The van der Waals surface area contributed by atoms with Crippen LogP contribution in [-0.2, 0) is 32.0 Å². The van der Waals surface area contributed by atoms with Gasteiger partial charge < -0.3 is 20.4 Å². The smallest absolute Gasteiger partial charge is 0.235 e. The summed E-state index contributed by atoms with van der Waals surface area (Å²) >= 11 is 0. The van der Waals surface area contributed by atoms with E-state index in [-0.39, 0.29) is 24.2 Å². The first-order valence-corrected chi connectivity index (χ1v) is 15.1. The first-order chi connectivity index (χ1) is 19.9. The van der Waals surface area contributed by atoms with Crippen LogP contribution in [0.25, 0.3) is 11.3 Å². The van der Waals surface area contributed by atoms with Gasteiger partial charge >= 0.3 is 0 Å². The van der Waals surface area contributed by atoms with Gasteiger partial charge in [0.25, 0.3) is 0 Å². The van der Waals surface area contributed by atoms with Gasteiger partial charge in [0, 0.05) is 23.8 Å². The number of benzene rings is 1. The lowest BCUT2D eigenvalue weighted by atomic mass is 9.49. The Morgan fingerprint density at radius 1 is 1.05 bits per heavy atom. The monoisotopic (exact) mass is 575 g/mol. The molecule has 6 rings (SSSR count). The Labute approximate surface area is 243 Å². The van der Waals surface area contributed by atoms with E-state index in [0.29, 0.717) is 22.8 Å². The third kappa shape index (κ3) is 4.19. The second-order valence-electron chi connectivity index (χ2n) is 13.1. The van der Waals surface area contributed by atoms with Gasteiger partial charge in [-0.1, -0.05) is 46.0 Å². The van der Waals surface area contributed by atoms with E-state index in [0.717, 1.165) is 12.2 Å². The van der Waals surface area contributed by atoms with Gasteiger partial charge in [-0.25, -0.2) is 0 Å². The number of furan rings is 1. The molecule has 0 aliphatic heterocycles. The number of ketones is 4. The normalized spacial score (nSPS) is 31.6. The summed E-state index contributed by atoms with van der Waals surface area (Å²) in [4.78, 5) is 66.9. The molecule has 1 amide bonds. The van der Waals surface area contributed by atoms with E-state index in [1.165, 1.54) is 38.2 Å². The molecule has 42 heavy (non-hydrogen) atoms. The van der Waals surface area contributed by atoms with Crippen molar-refractivity contribution in [2.75, 3.05) is 0 Å². The number of hydrogen-bond acceptors (Lipinski definition) is 8. The number of carbonyl (C=O) groups is 5. The zero-order valence-electron chi connectivity index (χ0n) is 23.9. The number of aromatic hydroxyl groups is 1. The minimum atomic E-state index is -2.70. The van der Waals surface area contributed by atoms with Crippen LogP contribution in [0.15, 0.2) is 28.7 Å². The van der Waals surface area contributed by atoms with E-state index in [4.69, 9.17) is 10.2 Å². The fraction of sp³-hybridized carbons (Fsp3) is 0.545. The molecule has 0 bridgehead atoms. The Kier molecular flexibility index (Phi) is 6.99. The van der Waals surface area contributed by atoms with Crippen LogP contribution in [0.1, 0.15) is 74.1 Å². The van der Waals surface area contributed by atoms with Gasteiger partial charge in [-0.05, 0) is 60.4 Å². The summed E-state index contributed by atoms with van der Waals surface area (Å²) in [6, 6.07) is 6.91. The highest BCUT2D eigenvalue weighted by molar-refractivity contribution is 6.32. The van der Waals surface area contributed by atoms with Gasteiger partial charge in [-0.15, -0.1) is 0 Å². The molecule has 9 heteroatoms. The SMILES string of the molecule is CC(C)[C@@H]1C(=O)C(C(N)=O)C(=O)[C@@]2(O)C(=O)C3C(=O)c4c(O)ccc(-c5ccc(CC6CCCCC6)o5)c4C[C@H]3C[C@@H]12. The second kappa shape index (κ2) is 10.3. The van der Waals surface area contributed by atoms with Crippen molar-refractivity contribution in [2.24, 2.45) is 47.2 Å². The maximum Gasteiger partial charge on any atom is 0.235 e. The number of phenols is 1. The Balaban J connectivity index is 1.39. The summed E-state index contributed by atoms with van der Waals surface area (Å²) < 4.78 is 6.25. The number of rotatable bonds is 5. The molecule has 1 aromatic carbocycles. The predicted octanol–water partition coefficient (Wildman–Crippen LogP) is 3.59. The lowest BCUT2D eigenvalue weighted by molar-refractivity contribution is -0.182. The van der Waals surface area contributed by atoms with Crippen LogP contribution in [0.3, 0.4) is 0 Å². The molecule has 4 aliphatic carbocycles. The second-order valence-corrected chi connectivity index (χ2v) is 13.1. The molecule has 3 fully saturated rings. The Morgan fingerprint density at radius 3 is 2.43 bits per heavy atom. The largest absolute Gasteiger partial charge is 0.507 e. The number of amides is 1. The van der Waals surface area contributed by atoms with Gasteiger partial charge in [0.2, 0.25) is 5.91 Å². The zero-order chi connectivity index (χ0) is 30.1. The maximum atomic E-state index is 14.0. The number of phenolic OH excluding ortho intramolecular Hbond substituents is 1. The highest BCUT2D eigenvalue weighted by Gasteiger charge is 2.69. The van der Waals surface area contributed by atoms with Crippen molar-refractivity contribution in [3.8, 4) is 17.1 Å². The minimum Gasteiger partial charge on any atom is -0.507 e. The van der Waals surface area contributed by atoms with Crippen LogP contribution in [0.2, 0.25) is 0 Å². The molecular weight excluding hydrogens is 538 g/mol. The molecular formula is C33H37NO8. The summed E-state index contributed by atoms with van der Waals surface area (Å²) in [5, 5.41) is 22.6. The fourth-order valence-corrected chi connectivity index (χ4v) is 8.39. The first-order valence-electron chi connectivity index (χ1n) is 15.1. The van der Waals surface area contributed by atoms with Crippen LogP contribution < -0.4 is 5.73 Å². The van der Waals surface area contributed by atoms with E-state index in [9.17, 15) is 34.2 Å². The van der Waals surface area contributed by atoms with Crippen molar-refractivity contribution in [1.29, 1.82) is 0 Å². The quantitative estimate of drug-likeness (QED) is 0.455. The van der Waals surface area contributed by atoms with Gasteiger partial charge in [-0.3, -0.25) is 24.0 Å². The molecule has 1 heterocycles. The van der Waals surface area contributed by atoms with Gasteiger partial charge in [0.05, 0.1) is 11.5 Å². The average Bonchev–Trinajstić information content (AvgIpc) is 3.39. The van der Waals surface area contributed by atoms with Crippen LogP contribution in [-0.4, -0.2) is 44.9 Å². The van der Waals surface area contributed by atoms with Crippen molar-refractivity contribution in [2.45, 2.75) is 70.8 Å². The molecule has 0 radical (unpaired) electrons. The lowest BCUT2D eigenvalue weighted by Gasteiger charge is -2.52. The number of carbonyl (C=O) groups excluding carboxylic acids is 5. The Hall–Kier alpha value is -3.59. The highest BCUT2D eigenvalue weighted by atomic mass is 16.3. The van der Waals surface area contributed by atoms with E-state index < -0.39 is 70.1 Å². The van der Waals surface area contributed by atoms with E-state index in [1.54, 1.807) is 19.9 Å². The molecule has 4 N–H and O–H groups in total. The summed E-state index contributed by atoms with van der Waals surface area (Å²) in [6.45, 7) is 3.46. The molecule has 4 aliphatic rings. The zero-order valence-corrected chi connectivity index (χ0v) is 23.9. The topological polar surface area (TPSA) is 165 Å². The maximum absolute atomic E-state index is 14.0. The summed E-state index contributed by atoms with van der Waals surface area (Å²) in [7, 11) is 0. The molecule has 1 aromatic heterocycles. The fourth-order valence-electron chi connectivity index (χ4n) is 8.39. The molecule has 2 aromatic rings. The van der Waals surface area contributed by atoms with Crippen molar-refractivity contribution < 1.29 is 38.6 Å². The number of Topliss-reactive ketones (excluding diaryl/α,β-unsaturated/α-hetero) is 4. The molecule has 6 atom stereocenters.